The Bertz CT molecular complexity index is 965. The highest BCUT2D eigenvalue weighted by molar-refractivity contribution is 7.99. The smallest absolute Gasteiger partial charge is 0.347 e. The van der Waals surface area contributed by atoms with E-state index in [-0.39, 0.29) is 17.6 Å². The fourth-order valence-electron chi connectivity index (χ4n) is 3.40. The van der Waals surface area contributed by atoms with Gasteiger partial charge in [-0.3, -0.25) is 0 Å². The molecular formula is C29H42O6S. The Morgan fingerprint density at radius 3 is 1.86 bits per heavy atom. The van der Waals surface area contributed by atoms with E-state index in [4.69, 9.17) is 18.9 Å². The minimum atomic E-state index is -1.29. The molecule has 0 aromatic heterocycles. The Balaban J connectivity index is 2.10. The fraction of sp³-hybridized carbons (Fsp3) is 0.552. The van der Waals surface area contributed by atoms with Gasteiger partial charge in [-0.25, -0.2) is 4.79 Å². The van der Waals surface area contributed by atoms with Crippen molar-refractivity contribution in [3.05, 3.63) is 47.5 Å². The molecule has 0 fully saturated rings. The van der Waals surface area contributed by atoms with Crippen molar-refractivity contribution >= 4 is 17.7 Å². The number of carboxylic acids is 1. The average Bonchev–Trinajstić information content (AvgIpc) is 2.76. The number of benzene rings is 2. The third kappa shape index (κ3) is 8.63. The summed E-state index contributed by atoms with van der Waals surface area (Å²) in [7, 11) is 0. The molecule has 6 nitrogen and oxygen atoms in total. The molecule has 36 heavy (non-hydrogen) atoms. The Kier molecular flexibility index (Phi) is 10.1. The van der Waals surface area contributed by atoms with E-state index in [2.05, 4.69) is 53.7 Å². The first kappa shape index (κ1) is 29.8. The van der Waals surface area contributed by atoms with Gasteiger partial charge in [0.15, 0.2) is 12.4 Å². The lowest BCUT2D eigenvalue weighted by molar-refractivity contribution is -0.152. The summed E-state index contributed by atoms with van der Waals surface area (Å²) >= 11 is 1.75. The first-order valence-corrected chi connectivity index (χ1v) is 13.3. The molecular weight excluding hydrogens is 476 g/mol. The molecule has 1 N–H and O–H groups in total. The van der Waals surface area contributed by atoms with E-state index in [1.165, 1.54) is 18.7 Å². The molecule has 2 rings (SSSR count). The summed E-state index contributed by atoms with van der Waals surface area (Å²) in [6, 6.07) is 11.5. The summed E-state index contributed by atoms with van der Waals surface area (Å²) in [6.45, 7) is 19.6. The highest BCUT2D eigenvalue weighted by Gasteiger charge is 2.30. The van der Waals surface area contributed by atoms with E-state index < -0.39 is 11.6 Å². The number of hydrogen-bond donors (Lipinski definition) is 1. The normalized spacial score (nSPS) is 12.4. The number of carboxylic acid groups (broad SMARTS) is 1. The molecule has 200 valence electrons. The monoisotopic (exact) mass is 518 g/mol. The zero-order chi connectivity index (χ0) is 27.1. The van der Waals surface area contributed by atoms with Gasteiger partial charge in [-0.1, -0.05) is 41.5 Å². The number of aliphatic carboxylic acids is 1. The largest absolute Gasteiger partial charge is 0.493 e. The van der Waals surface area contributed by atoms with Crippen LogP contribution in [0.1, 0.15) is 73.4 Å². The van der Waals surface area contributed by atoms with E-state index in [1.807, 2.05) is 6.92 Å². The number of thioether (sulfide) groups is 1. The van der Waals surface area contributed by atoms with Crippen molar-refractivity contribution < 1.29 is 28.8 Å². The molecule has 7 heteroatoms. The second-order valence-corrected chi connectivity index (χ2v) is 12.4. The number of ether oxygens (including phenoxy) is 4. The van der Waals surface area contributed by atoms with Gasteiger partial charge in [0.05, 0.1) is 6.61 Å². The van der Waals surface area contributed by atoms with Gasteiger partial charge in [-0.05, 0) is 68.0 Å². The van der Waals surface area contributed by atoms with E-state index in [0.717, 1.165) is 22.6 Å². The van der Waals surface area contributed by atoms with Gasteiger partial charge < -0.3 is 24.1 Å². The maximum absolute atomic E-state index is 11.2. The van der Waals surface area contributed by atoms with Gasteiger partial charge in [0.25, 0.3) is 0 Å². The van der Waals surface area contributed by atoms with Crippen molar-refractivity contribution in [3.63, 3.8) is 0 Å². The van der Waals surface area contributed by atoms with Crippen molar-refractivity contribution in [3.8, 4) is 17.2 Å². The van der Waals surface area contributed by atoms with Crippen LogP contribution in [0.25, 0.3) is 0 Å². The zero-order valence-corrected chi connectivity index (χ0v) is 24.0. The molecule has 0 bridgehead atoms. The van der Waals surface area contributed by atoms with Gasteiger partial charge in [0.2, 0.25) is 0 Å². The molecule has 0 radical (unpaired) electrons. The predicted octanol–water partition coefficient (Wildman–Crippen LogP) is 7.07. The second-order valence-electron chi connectivity index (χ2n) is 11.2. The Labute approximate surface area is 220 Å². The Morgan fingerprint density at radius 1 is 0.861 bits per heavy atom. The lowest BCUT2D eigenvalue weighted by Gasteiger charge is -2.30. The van der Waals surface area contributed by atoms with Crippen LogP contribution >= 0.6 is 11.8 Å². The Morgan fingerprint density at radius 2 is 1.39 bits per heavy atom. The van der Waals surface area contributed by atoms with Gasteiger partial charge in [-0.2, -0.15) is 0 Å². The van der Waals surface area contributed by atoms with Crippen LogP contribution in [0.3, 0.4) is 0 Å². The van der Waals surface area contributed by atoms with Crippen molar-refractivity contribution in [2.24, 2.45) is 0 Å². The molecule has 2 aromatic carbocycles. The highest BCUT2D eigenvalue weighted by atomic mass is 32.2. The quantitative estimate of drug-likeness (QED) is 0.183. The van der Waals surface area contributed by atoms with Crippen molar-refractivity contribution in [2.75, 3.05) is 25.8 Å². The molecule has 2 aromatic rings. The Hall–Kier alpha value is -2.38. The van der Waals surface area contributed by atoms with Crippen LogP contribution in [0, 0.1) is 0 Å². The summed E-state index contributed by atoms with van der Waals surface area (Å²) in [5.41, 5.74) is 0.859. The van der Waals surface area contributed by atoms with Gasteiger partial charge >= 0.3 is 5.97 Å². The standard InChI is InChI=1S/C29H42O6S/c1-10-32-19-34-25-23(27(2,3)4)17-22(18-24(25)28(5,6)7)36-16-15-33-20-11-13-21(14-12-20)35-29(8,9)26(30)31/h11-14,17-18H,10,15-16,19H2,1-9H3,(H,30,31). The molecule has 0 aliphatic heterocycles. The maximum atomic E-state index is 11.2. The summed E-state index contributed by atoms with van der Waals surface area (Å²) in [4.78, 5) is 12.4. The molecule has 0 spiro atoms. The lowest BCUT2D eigenvalue weighted by Crippen LogP contribution is -2.37. The molecule has 0 unspecified atom stereocenters. The van der Waals surface area contributed by atoms with Crippen LogP contribution in [-0.2, 0) is 20.4 Å². The van der Waals surface area contributed by atoms with Crippen molar-refractivity contribution in [2.45, 2.75) is 83.6 Å². The zero-order valence-electron chi connectivity index (χ0n) is 23.2. The molecule has 0 amide bonds. The van der Waals surface area contributed by atoms with Crippen molar-refractivity contribution in [1.82, 2.24) is 0 Å². The van der Waals surface area contributed by atoms with Crippen LogP contribution in [-0.4, -0.2) is 42.4 Å². The first-order chi connectivity index (χ1) is 16.6. The van der Waals surface area contributed by atoms with E-state index in [1.54, 1.807) is 36.0 Å². The van der Waals surface area contributed by atoms with Gasteiger partial charge in [0, 0.05) is 28.4 Å². The molecule has 0 atom stereocenters. The highest BCUT2D eigenvalue weighted by Crippen LogP contribution is 2.42. The number of hydrogen-bond acceptors (Lipinski definition) is 6. The predicted molar refractivity (Wildman–Crippen MR) is 146 cm³/mol. The number of rotatable bonds is 12. The van der Waals surface area contributed by atoms with Crippen LogP contribution in [0.2, 0.25) is 0 Å². The van der Waals surface area contributed by atoms with E-state index in [9.17, 15) is 9.90 Å². The summed E-state index contributed by atoms with van der Waals surface area (Å²) < 4.78 is 23.1. The minimum absolute atomic E-state index is 0.0896. The summed E-state index contributed by atoms with van der Waals surface area (Å²) in [5, 5.41) is 9.22. The van der Waals surface area contributed by atoms with E-state index in [0.29, 0.717) is 24.7 Å². The summed E-state index contributed by atoms with van der Waals surface area (Å²) in [5.74, 6) is 1.87. The van der Waals surface area contributed by atoms with Crippen LogP contribution in [0.4, 0.5) is 0 Å². The average molecular weight is 519 g/mol. The fourth-order valence-corrected chi connectivity index (χ4v) is 4.21. The maximum Gasteiger partial charge on any atom is 0.347 e. The second kappa shape index (κ2) is 12.2. The third-order valence-corrected chi connectivity index (χ3v) is 6.44. The van der Waals surface area contributed by atoms with Crippen LogP contribution in [0.15, 0.2) is 41.3 Å². The van der Waals surface area contributed by atoms with Crippen LogP contribution in [0.5, 0.6) is 17.2 Å². The minimum Gasteiger partial charge on any atom is -0.493 e. The molecule has 0 aliphatic rings. The van der Waals surface area contributed by atoms with E-state index >= 15 is 0 Å². The number of carbonyl (C=O) groups is 1. The first-order valence-electron chi connectivity index (χ1n) is 12.3. The van der Waals surface area contributed by atoms with Crippen molar-refractivity contribution in [1.29, 1.82) is 0 Å². The molecule has 0 saturated carbocycles. The molecule has 0 heterocycles. The van der Waals surface area contributed by atoms with Gasteiger partial charge in [-0.15, -0.1) is 11.8 Å². The lowest BCUT2D eigenvalue weighted by atomic mass is 9.79. The molecule has 0 saturated heterocycles. The molecule has 0 aliphatic carbocycles. The SMILES string of the molecule is CCOCOc1c(C(C)(C)C)cc(SCCOc2ccc(OC(C)(C)C(=O)O)cc2)cc1C(C)(C)C. The summed E-state index contributed by atoms with van der Waals surface area (Å²) in [6.07, 6.45) is 0. The third-order valence-electron chi connectivity index (χ3n) is 5.50. The van der Waals surface area contributed by atoms with Gasteiger partial charge in [0.1, 0.15) is 17.2 Å². The van der Waals surface area contributed by atoms with Crippen LogP contribution < -0.4 is 14.2 Å². The topological polar surface area (TPSA) is 74.2 Å².